The molecule has 7 heteroatoms. The second-order valence-electron chi connectivity index (χ2n) is 5.55. The van der Waals surface area contributed by atoms with Gasteiger partial charge in [-0.25, -0.2) is 4.39 Å². The number of likely N-dealkylation sites (N-methyl/N-ethyl adjacent to an activating group) is 1. The molecule has 0 aliphatic heterocycles. The lowest BCUT2D eigenvalue weighted by Crippen LogP contribution is -2.48. The van der Waals surface area contributed by atoms with Crippen LogP contribution >= 0.6 is 0 Å². The Bertz CT molecular complexity index is 524. The smallest absolute Gasteiger partial charge is 0.350 e. The van der Waals surface area contributed by atoms with Crippen molar-refractivity contribution in [1.29, 1.82) is 0 Å². The van der Waals surface area contributed by atoms with Crippen molar-refractivity contribution in [3.8, 4) is 0 Å². The molecule has 21 heavy (non-hydrogen) atoms. The number of halogens is 4. The standard InChI is InChI=1S/C14H18F4N2O/c1-13(2,20(3)4)8-19-12(21)9-6-5-7-10(11(9)15)14(16,17)18/h5-7H,8H2,1-4H3,(H,19,21). The maximum absolute atomic E-state index is 13.8. The number of nitrogens with zero attached hydrogens (tertiary/aromatic N) is 1. The highest BCUT2D eigenvalue weighted by Gasteiger charge is 2.35. The van der Waals surface area contributed by atoms with E-state index in [1.54, 1.807) is 14.1 Å². The van der Waals surface area contributed by atoms with E-state index >= 15 is 0 Å². The van der Waals surface area contributed by atoms with E-state index < -0.39 is 34.6 Å². The molecule has 0 bridgehead atoms. The number of carbonyl (C=O) groups is 1. The lowest BCUT2D eigenvalue weighted by molar-refractivity contribution is -0.140. The lowest BCUT2D eigenvalue weighted by Gasteiger charge is -2.32. The van der Waals surface area contributed by atoms with Gasteiger partial charge in [0.15, 0.2) is 0 Å². The van der Waals surface area contributed by atoms with E-state index in [2.05, 4.69) is 5.32 Å². The van der Waals surface area contributed by atoms with Crippen LogP contribution in [0.25, 0.3) is 0 Å². The van der Waals surface area contributed by atoms with Gasteiger partial charge < -0.3 is 10.2 Å². The fourth-order valence-electron chi connectivity index (χ4n) is 1.48. The average molecular weight is 306 g/mol. The summed E-state index contributed by atoms with van der Waals surface area (Å²) in [5.41, 5.74) is -2.46. The Kier molecular flexibility index (Phi) is 4.99. The summed E-state index contributed by atoms with van der Waals surface area (Å²) >= 11 is 0. The molecule has 1 N–H and O–H groups in total. The van der Waals surface area contributed by atoms with Crippen LogP contribution < -0.4 is 5.32 Å². The molecule has 1 amide bonds. The van der Waals surface area contributed by atoms with Gasteiger partial charge in [0.05, 0.1) is 11.1 Å². The summed E-state index contributed by atoms with van der Waals surface area (Å²) in [7, 11) is 3.61. The minimum absolute atomic E-state index is 0.175. The molecule has 0 aliphatic carbocycles. The highest BCUT2D eigenvalue weighted by Crippen LogP contribution is 2.32. The molecule has 0 aliphatic rings. The summed E-state index contributed by atoms with van der Waals surface area (Å²) in [5.74, 6) is -2.42. The molecular weight excluding hydrogens is 288 g/mol. The average Bonchev–Trinajstić information content (AvgIpc) is 2.34. The van der Waals surface area contributed by atoms with Crippen molar-refractivity contribution in [3.05, 3.63) is 35.1 Å². The largest absolute Gasteiger partial charge is 0.419 e. The first-order valence-electron chi connectivity index (χ1n) is 6.28. The van der Waals surface area contributed by atoms with E-state index in [0.29, 0.717) is 6.07 Å². The van der Waals surface area contributed by atoms with Gasteiger partial charge in [0.1, 0.15) is 5.82 Å². The summed E-state index contributed by atoms with van der Waals surface area (Å²) in [6.07, 6.45) is -4.83. The van der Waals surface area contributed by atoms with Crippen molar-refractivity contribution >= 4 is 5.91 Å². The van der Waals surface area contributed by atoms with Crippen LogP contribution in [-0.2, 0) is 6.18 Å². The molecule has 0 aromatic heterocycles. The molecule has 1 aromatic rings. The first-order chi connectivity index (χ1) is 9.47. The molecule has 3 nitrogen and oxygen atoms in total. The Morgan fingerprint density at radius 3 is 2.29 bits per heavy atom. The van der Waals surface area contributed by atoms with Gasteiger partial charge in [-0.15, -0.1) is 0 Å². The highest BCUT2D eigenvalue weighted by molar-refractivity contribution is 5.94. The molecule has 118 valence electrons. The van der Waals surface area contributed by atoms with Crippen molar-refractivity contribution < 1.29 is 22.4 Å². The molecule has 1 aromatic carbocycles. The number of amides is 1. The molecule has 0 unspecified atom stereocenters. The van der Waals surface area contributed by atoms with Crippen LogP contribution in [0.3, 0.4) is 0 Å². The maximum Gasteiger partial charge on any atom is 0.419 e. The molecule has 0 spiro atoms. The first kappa shape index (κ1) is 17.4. The topological polar surface area (TPSA) is 32.3 Å². The van der Waals surface area contributed by atoms with Gasteiger partial charge in [0.2, 0.25) is 0 Å². The third-order valence-corrected chi connectivity index (χ3v) is 3.44. The Labute approximate surface area is 120 Å². The normalized spacial score (nSPS) is 12.6. The predicted molar refractivity (Wildman–Crippen MR) is 71.5 cm³/mol. The van der Waals surface area contributed by atoms with Gasteiger partial charge >= 0.3 is 6.18 Å². The zero-order chi connectivity index (χ0) is 16.4. The molecule has 0 saturated heterocycles. The second kappa shape index (κ2) is 6.01. The predicted octanol–water partition coefficient (Wildman–Crippen LogP) is 2.91. The number of benzene rings is 1. The second-order valence-corrected chi connectivity index (χ2v) is 5.55. The number of carbonyl (C=O) groups excluding carboxylic acids is 1. The van der Waals surface area contributed by atoms with Crippen molar-refractivity contribution in [3.63, 3.8) is 0 Å². The molecule has 0 atom stereocenters. The monoisotopic (exact) mass is 306 g/mol. The molecule has 0 saturated carbocycles. The third-order valence-electron chi connectivity index (χ3n) is 3.44. The van der Waals surface area contributed by atoms with Crippen LogP contribution in [0.1, 0.15) is 29.8 Å². The number of rotatable bonds is 4. The number of alkyl halides is 3. The summed E-state index contributed by atoms with van der Waals surface area (Å²) < 4.78 is 51.6. The minimum Gasteiger partial charge on any atom is -0.350 e. The van der Waals surface area contributed by atoms with Gasteiger partial charge in [-0.1, -0.05) is 6.07 Å². The number of hydrogen-bond donors (Lipinski definition) is 1. The van der Waals surface area contributed by atoms with Crippen molar-refractivity contribution in [2.45, 2.75) is 25.6 Å². The zero-order valence-electron chi connectivity index (χ0n) is 12.3. The van der Waals surface area contributed by atoms with Crippen LogP contribution in [0.2, 0.25) is 0 Å². The van der Waals surface area contributed by atoms with Crippen LogP contribution in [-0.4, -0.2) is 37.0 Å². The summed E-state index contributed by atoms with van der Waals surface area (Å²) in [6, 6.07) is 2.65. The van der Waals surface area contributed by atoms with E-state index in [-0.39, 0.29) is 6.54 Å². The van der Waals surface area contributed by atoms with Gasteiger partial charge in [-0.3, -0.25) is 4.79 Å². The van der Waals surface area contributed by atoms with Crippen molar-refractivity contribution in [1.82, 2.24) is 10.2 Å². The van der Waals surface area contributed by atoms with E-state index in [9.17, 15) is 22.4 Å². The van der Waals surface area contributed by atoms with E-state index in [1.165, 1.54) is 0 Å². The number of nitrogens with one attached hydrogen (secondary N) is 1. The molecule has 0 fully saturated rings. The fraction of sp³-hybridized carbons (Fsp3) is 0.500. The molecule has 0 radical (unpaired) electrons. The van der Waals surface area contributed by atoms with E-state index in [4.69, 9.17) is 0 Å². The van der Waals surface area contributed by atoms with Crippen LogP contribution in [0, 0.1) is 5.82 Å². The SMILES string of the molecule is CN(C)C(C)(C)CNC(=O)c1cccc(C(F)(F)F)c1F. The van der Waals surface area contributed by atoms with Gasteiger partial charge in [-0.2, -0.15) is 13.2 Å². The Morgan fingerprint density at radius 2 is 1.81 bits per heavy atom. The van der Waals surface area contributed by atoms with E-state index in [1.807, 2.05) is 18.7 Å². The summed E-state index contributed by atoms with van der Waals surface area (Å²) in [6.45, 7) is 3.86. The van der Waals surface area contributed by atoms with Crippen molar-refractivity contribution in [2.24, 2.45) is 0 Å². The fourth-order valence-corrected chi connectivity index (χ4v) is 1.48. The molecule has 1 rings (SSSR count). The number of hydrogen-bond acceptors (Lipinski definition) is 2. The van der Waals surface area contributed by atoms with Gasteiger partial charge in [0.25, 0.3) is 5.91 Å². The maximum atomic E-state index is 13.8. The van der Waals surface area contributed by atoms with Crippen LogP contribution in [0.15, 0.2) is 18.2 Å². The van der Waals surface area contributed by atoms with Crippen molar-refractivity contribution in [2.75, 3.05) is 20.6 Å². The third kappa shape index (κ3) is 4.17. The minimum atomic E-state index is -4.83. The first-order valence-corrected chi connectivity index (χ1v) is 6.28. The molecule has 0 heterocycles. The zero-order valence-corrected chi connectivity index (χ0v) is 12.3. The summed E-state index contributed by atoms with van der Waals surface area (Å²) in [4.78, 5) is 13.7. The van der Waals surface area contributed by atoms with Gasteiger partial charge in [0, 0.05) is 12.1 Å². The van der Waals surface area contributed by atoms with Crippen LogP contribution in [0.5, 0.6) is 0 Å². The Morgan fingerprint density at radius 1 is 1.24 bits per heavy atom. The van der Waals surface area contributed by atoms with E-state index in [0.717, 1.165) is 12.1 Å². The molecular formula is C14H18F4N2O. The quantitative estimate of drug-likeness (QED) is 0.868. The Hall–Kier alpha value is -1.63. The highest BCUT2D eigenvalue weighted by atomic mass is 19.4. The van der Waals surface area contributed by atoms with Gasteiger partial charge in [-0.05, 0) is 40.1 Å². The summed E-state index contributed by atoms with van der Waals surface area (Å²) in [5, 5.41) is 2.45. The van der Waals surface area contributed by atoms with Crippen LogP contribution in [0.4, 0.5) is 17.6 Å². The Balaban J connectivity index is 2.95. The lowest BCUT2D eigenvalue weighted by atomic mass is 10.0.